The molecule has 0 bridgehead atoms. The van der Waals surface area contributed by atoms with Gasteiger partial charge in [0.2, 0.25) is 0 Å². The molecule has 0 atom stereocenters. The highest BCUT2D eigenvalue weighted by Crippen LogP contribution is 2.30. The van der Waals surface area contributed by atoms with Crippen LogP contribution in [0, 0.1) is 5.92 Å². The number of hydrogen-bond acceptors (Lipinski definition) is 5. The maximum absolute atomic E-state index is 5.66. The Hall–Kier alpha value is -1.26. The average molecular weight is 520 g/mol. The van der Waals surface area contributed by atoms with Gasteiger partial charge in [0, 0.05) is 38.5 Å². The fourth-order valence-electron chi connectivity index (χ4n) is 3.30. The van der Waals surface area contributed by atoms with Crippen LogP contribution in [0.4, 0.5) is 5.69 Å². The van der Waals surface area contributed by atoms with Gasteiger partial charge in [-0.05, 0) is 57.8 Å². The van der Waals surface area contributed by atoms with Gasteiger partial charge in [-0.2, -0.15) is 0 Å². The monoisotopic (exact) mass is 520 g/mol. The molecule has 1 heterocycles. The van der Waals surface area contributed by atoms with Crippen LogP contribution in [0.15, 0.2) is 23.2 Å². The van der Waals surface area contributed by atoms with E-state index in [1.165, 1.54) is 12.8 Å². The number of piperidine rings is 1. The zero-order valence-electron chi connectivity index (χ0n) is 18.2. The van der Waals surface area contributed by atoms with Crippen molar-refractivity contribution in [3.63, 3.8) is 0 Å². The van der Waals surface area contributed by atoms with E-state index in [2.05, 4.69) is 22.5 Å². The molecule has 1 aliphatic heterocycles. The van der Waals surface area contributed by atoms with Gasteiger partial charge in [0.05, 0.1) is 20.3 Å². The molecule has 0 aromatic heterocycles. The van der Waals surface area contributed by atoms with Crippen molar-refractivity contribution in [3.05, 3.63) is 18.2 Å². The average Bonchev–Trinajstić information content (AvgIpc) is 2.72. The topological polar surface area (TPSA) is 67.4 Å². The first-order valence-corrected chi connectivity index (χ1v) is 10.3. The second-order valence-corrected chi connectivity index (χ2v) is 6.92. The maximum atomic E-state index is 5.66. The molecule has 2 rings (SSSR count). The molecule has 1 fully saturated rings. The lowest BCUT2D eigenvalue weighted by atomic mass is 9.97. The molecule has 29 heavy (non-hydrogen) atoms. The van der Waals surface area contributed by atoms with E-state index in [9.17, 15) is 0 Å². The van der Waals surface area contributed by atoms with Crippen molar-refractivity contribution >= 4 is 35.6 Å². The third kappa shape index (κ3) is 8.96. The van der Waals surface area contributed by atoms with Gasteiger partial charge in [-0.15, -0.1) is 24.0 Å². The van der Waals surface area contributed by atoms with Gasteiger partial charge in [-0.25, -0.2) is 0 Å². The van der Waals surface area contributed by atoms with Gasteiger partial charge < -0.3 is 29.7 Å². The SMILES string of the molecule is CCNC(=NCC1CCN(CCOC)CC1)Nc1ccc(OC)c(OCC)c1.I. The lowest BCUT2D eigenvalue weighted by Gasteiger charge is -2.31. The van der Waals surface area contributed by atoms with Crippen LogP contribution in [0.25, 0.3) is 0 Å². The van der Waals surface area contributed by atoms with E-state index < -0.39 is 0 Å². The van der Waals surface area contributed by atoms with E-state index in [0.29, 0.717) is 12.5 Å². The van der Waals surface area contributed by atoms with Crippen LogP contribution in [-0.2, 0) is 4.74 Å². The molecule has 0 spiro atoms. The van der Waals surface area contributed by atoms with Crippen molar-refractivity contribution in [1.29, 1.82) is 0 Å². The van der Waals surface area contributed by atoms with E-state index in [1.54, 1.807) is 14.2 Å². The fraction of sp³-hybridized carbons (Fsp3) is 0.667. The number of halogens is 1. The Balaban J connectivity index is 0.00000420. The number of ether oxygens (including phenoxy) is 3. The van der Waals surface area contributed by atoms with Crippen molar-refractivity contribution in [2.24, 2.45) is 10.9 Å². The minimum atomic E-state index is 0. The number of benzene rings is 1. The summed E-state index contributed by atoms with van der Waals surface area (Å²) in [4.78, 5) is 7.29. The van der Waals surface area contributed by atoms with Crippen LogP contribution in [0.2, 0.25) is 0 Å². The number of nitrogens with one attached hydrogen (secondary N) is 2. The van der Waals surface area contributed by atoms with Crippen LogP contribution in [0.1, 0.15) is 26.7 Å². The number of methoxy groups -OCH3 is 2. The van der Waals surface area contributed by atoms with Crippen LogP contribution < -0.4 is 20.1 Å². The Morgan fingerprint density at radius 1 is 1.17 bits per heavy atom. The van der Waals surface area contributed by atoms with Crippen molar-refractivity contribution in [2.45, 2.75) is 26.7 Å². The number of nitrogens with zero attached hydrogens (tertiary/aromatic N) is 2. The molecule has 7 nitrogen and oxygen atoms in total. The lowest BCUT2D eigenvalue weighted by Crippen LogP contribution is -2.37. The maximum Gasteiger partial charge on any atom is 0.195 e. The second-order valence-electron chi connectivity index (χ2n) is 6.92. The Kier molecular flexibility index (Phi) is 13.0. The van der Waals surface area contributed by atoms with Crippen LogP contribution in [0.5, 0.6) is 11.5 Å². The Morgan fingerprint density at radius 2 is 1.93 bits per heavy atom. The number of guanidine groups is 1. The molecular formula is C21H37IN4O3. The number of rotatable bonds is 10. The fourth-order valence-corrected chi connectivity index (χ4v) is 3.30. The molecular weight excluding hydrogens is 483 g/mol. The van der Waals surface area contributed by atoms with Gasteiger partial charge >= 0.3 is 0 Å². The van der Waals surface area contributed by atoms with Crippen molar-refractivity contribution in [1.82, 2.24) is 10.2 Å². The summed E-state index contributed by atoms with van der Waals surface area (Å²) in [6, 6.07) is 5.83. The summed E-state index contributed by atoms with van der Waals surface area (Å²) in [5.41, 5.74) is 0.929. The number of hydrogen-bond donors (Lipinski definition) is 2. The highest BCUT2D eigenvalue weighted by Gasteiger charge is 2.18. The van der Waals surface area contributed by atoms with Gasteiger partial charge in [0.1, 0.15) is 0 Å². The minimum Gasteiger partial charge on any atom is -0.493 e. The summed E-state index contributed by atoms with van der Waals surface area (Å²) in [7, 11) is 3.41. The van der Waals surface area contributed by atoms with Gasteiger partial charge in [0.15, 0.2) is 17.5 Å². The largest absolute Gasteiger partial charge is 0.493 e. The molecule has 0 radical (unpaired) electrons. The summed E-state index contributed by atoms with van der Waals surface area (Å²) < 4.78 is 16.2. The second kappa shape index (κ2) is 14.7. The number of anilines is 1. The molecule has 0 amide bonds. The summed E-state index contributed by atoms with van der Waals surface area (Å²) in [5, 5.41) is 6.71. The molecule has 1 saturated heterocycles. The molecule has 1 aliphatic rings. The summed E-state index contributed by atoms with van der Waals surface area (Å²) >= 11 is 0. The van der Waals surface area contributed by atoms with Crippen LogP contribution in [-0.4, -0.2) is 71.0 Å². The van der Waals surface area contributed by atoms with Gasteiger partial charge in [0.25, 0.3) is 0 Å². The van der Waals surface area contributed by atoms with E-state index >= 15 is 0 Å². The highest BCUT2D eigenvalue weighted by molar-refractivity contribution is 14.0. The molecule has 8 heteroatoms. The molecule has 0 saturated carbocycles. The molecule has 0 unspecified atom stereocenters. The standard InChI is InChI=1S/C21H36N4O3.HI/c1-5-22-21(23-16-17-9-11-25(12-10-17)13-14-26-3)24-18-7-8-19(27-4)20(15-18)28-6-2;/h7-8,15,17H,5-6,9-14,16H2,1-4H3,(H2,22,23,24);1H. The third-order valence-electron chi connectivity index (χ3n) is 4.90. The van der Waals surface area contributed by atoms with Gasteiger partial charge in [-0.1, -0.05) is 0 Å². The summed E-state index contributed by atoms with van der Waals surface area (Å²) in [6.45, 7) is 10.4. The third-order valence-corrected chi connectivity index (χ3v) is 4.90. The van der Waals surface area contributed by atoms with Crippen LogP contribution in [0.3, 0.4) is 0 Å². The number of aliphatic imine (C=N–C) groups is 1. The molecule has 0 aliphatic carbocycles. The predicted molar refractivity (Wildman–Crippen MR) is 130 cm³/mol. The van der Waals surface area contributed by atoms with Crippen LogP contribution >= 0.6 is 24.0 Å². The van der Waals surface area contributed by atoms with E-state index in [4.69, 9.17) is 19.2 Å². The quantitative estimate of drug-likeness (QED) is 0.280. The molecule has 1 aromatic carbocycles. The number of likely N-dealkylation sites (tertiary alicyclic amines) is 1. The first-order chi connectivity index (χ1) is 13.7. The van der Waals surface area contributed by atoms with E-state index in [-0.39, 0.29) is 24.0 Å². The molecule has 1 aromatic rings. The first-order valence-electron chi connectivity index (χ1n) is 10.3. The van der Waals surface area contributed by atoms with Crippen molar-refractivity contribution < 1.29 is 14.2 Å². The zero-order valence-corrected chi connectivity index (χ0v) is 20.5. The molecule has 166 valence electrons. The molecule has 2 N–H and O–H groups in total. The normalized spacial score (nSPS) is 15.5. The van der Waals surface area contributed by atoms with E-state index in [1.807, 2.05) is 25.1 Å². The Labute approximate surface area is 192 Å². The Morgan fingerprint density at radius 3 is 2.55 bits per heavy atom. The minimum absolute atomic E-state index is 0. The highest BCUT2D eigenvalue weighted by atomic mass is 127. The predicted octanol–water partition coefficient (Wildman–Crippen LogP) is 3.45. The Bertz CT molecular complexity index is 608. The summed E-state index contributed by atoms with van der Waals surface area (Å²) in [5.74, 6) is 2.89. The summed E-state index contributed by atoms with van der Waals surface area (Å²) in [6.07, 6.45) is 2.37. The lowest BCUT2D eigenvalue weighted by molar-refractivity contribution is 0.121. The first kappa shape index (κ1) is 25.8. The smallest absolute Gasteiger partial charge is 0.195 e. The van der Waals surface area contributed by atoms with Gasteiger partial charge in [-0.3, -0.25) is 4.99 Å². The van der Waals surface area contributed by atoms with Crippen molar-refractivity contribution in [2.75, 3.05) is 65.5 Å². The van der Waals surface area contributed by atoms with Crippen molar-refractivity contribution in [3.8, 4) is 11.5 Å². The van der Waals surface area contributed by atoms with E-state index in [0.717, 1.165) is 62.5 Å². The zero-order chi connectivity index (χ0) is 20.2.